The van der Waals surface area contributed by atoms with Crippen LogP contribution in [0.3, 0.4) is 0 Å². The van der Waals surface area contributed by atoms with Crippen molar-refractivity contribution in [2.45, 2.75) is 52.4 Å². The zero-order chi connectivity index (χ0) is 24.0. The number of halogens is 2. The van der Waals surface area contributed by atoms with E-state index in [4.69, 9.17) is 15.9 Å². The van der Waals surface area contributed by atoms with Gasteiger partial charge in [-0.2, -0.15) is 0 Å². The number of carbonyl (C=O) groups is 1. The third-order valence-corrected chi connectivity index (χ3v) is 7.89. The molecule has 3 nitrogen and oxygen atoms in total. The van der Waals surface area contributed by atoms with Crippen molar-refractivity contribution in [2.75, 3.05) is 6.61 Å². The molecule has 1 fully saturated rings. The maximum atomic E-state index is 14.0. The molecule has 0 amide bonds. The summed E-state index contributed by atoms with van der Waals surface area (Å²) in [5.74, 6) is 1.40. The Balaban J connectivity index is 1.48. The third-order valence-electron chi connectivity index (χ3n) is 5.70. The molecule has 6 heteroatoms. The lowest BCUT2D eigenvalue weighted by molar-refractivity contribution is -0.159. The summed E-state index contributed by atoms with van der Waals surface area (Å²) in [6.07, 6.45) is 9.96. The Hall–Kier alpha value is -3.30. The molecule has 0 radical (unpaired) electrons. The Morgan fingerprint density at radius 1 is 0.882 bits per heavy atom. The van der Waals surface area contributed by atoms with E-state index in [1.165, 1.54) is 12.1 Å². The van der Waals surface area contributed by atoms with Crippen molar-refractivity contribution in [3.05, 3.63) is 84.4 Å². The van der Waals surface area contributed by atoms with Crippen molar-refractivity contribution in [1.82, 2.24) is 0 Å². The van der Waals surface area contributed by atoms with Crippen LogP contribution in [0.15, 0.2) is 87.5 Å². The van der Waals surface area contributed by atoms with E-state index < -0.39 is 34.1 Å². The minimum Gasteiger partial charge on any atom is -0.482 e. The molecular weight excluding hydrogens is 454 g/mol. The highest BCUT2D eigenvalue weighted by Crippen LogP contribution is 2.33. The predicted molar refractivity (Wildman–Crippen MR) is 128 cm³/mol. The van der Waals surface area contributed by atoms with Crippen LogP contribution in [-0.2, 0) is 20.4 Å². The van der Waals surface area contributed by atoms with E-state index in [1.54, 1.807) is 12.1 Å². The van der Waals surface area contributed by atoms with Crippen LogP contribution in [0, 0.1) is 24.0 Å². The van der Waals surface area contributed by atoms with E-state index >= 15 is 0 Å². The molecule has 1 aliphatic carbocycles. The fourth-order valence-electron chi connectivity index (χ4n) is 4.07. The van der Waals surface area contributed by atoms with E-state index in [0.717, 1.165) is 35.1 Å². The van der Waals surface area contributed by atoms with Gasteiger partial charge in [0.2, 0.25) is 0 Å². The van der Waals surface area contributed by atoms with E-state index in [2.05, 4.69) is 5.92 Å². The molecule has 174 valence electrons. The summed E-state index contributed by atoms with van der Waals surface area (Å²) in [6, 6.07) is 20.3. The highest BCUT2D eigenvalue weighted by molar-refractivity contribution is 7.97. The van der Waals surface area contributed by atoms with Gasteiger partial charge in [-0.1, -0.05) is 30.5 Å². The SMILES string of the molecule is C#CC1(OC(=O)COc2ccc([S+](c3ccccc3)c3cc(F)cc(F)c3)cc2)CCCCC1. The molecular formula is C28H25F2O3S+. The van der Waals surface area contributed by atoms with Crippen LogP contribution in [-0.4, -0.2) is 18.2 Å². The number of hydrogen-bond donors (Lipinski definition) is 0. The van der Waals surface area contributed by atoms with E-state index in [1.807, 2.05) is 42.5 Å². The highest BCUT2D eigenvalue weighted by atomic mass is 32.2. The Kier molecular flexibility index (Phi) is 7.54. The second-order valence-electron chi connectivity index (χ2n) is 8.16. The normalized spacial score (nSPS) is 15.7. The first-order chi connectivity index (χ1) is 16.5. The predicted octanol–water partition coefficient (Wildman–Crippen LogP) is 6.32. The summed E-state index contributed by atoms with van der Waals surface area (Å²) in [5, 5.41) is 0. The summed E-state index contributed by atoms with van der Waals surface area (Å²) in [5.41, 5.74) is -0.827. The van der Waals surface area contributed by atoms with Crippen molar-refractivity contribution in [3.63, 3.8) is 0 Å². The van der Waals surface area contributed by atoms with Crippen LogP contribution in [0.2, 0.25) is 0 Å². The number of esters is 1. The van der Waals surface area contributed by atoms with Crippen LogP contribution in [0.1, 0.15) is 32.1 Å². The van der Waals surface area contributed by atoms with Crippen molar-refractivity contribution in [1.29, 1.82) is 0 Å². The van der Waals surface area contributed by atoms with Gasteiger partial charge in [0.15, 0.2) is 26.9 Å². The molecule has 1 atom stereocenters. The average Bonchev–Trinajstić information content (AvgIpc) is 2.84. The van der Waals surface area contributed by atoms with Gasteiger partial charge < -0.3 is 9.47 Å². The fraction of sp³-hybridized carbons (Fsp3) is 0.250. The quantitative estimate of drug-likeness (QED) is 0.226. The monoisotopic (exact) mass is 479 g/mol. The van der Waals surface area contributed by atoms with Crippen molar-refractivity contribution >= 4 is 16.9 Å². The zero-order valence-corrected chi connectivity index (χ0v) is 19.5. The molecule has 0 saturated heterocycles. The summed E-state index contributed by atoms with van der Waals surface area (Å²) >= 11 is 0. The van der Waals surface area contributed by atoms with Gasteiger partial charge >= 0.3 is 5.97 Å². The second kappa shape index (κ2) is 10.8. The average molecular weight is 480 g/mol. The first kappa shape index (κ1) is 23.8. The van der Waals surface area contributed by atoms with Gasteiger partial charge in [0, 0.05) is 18.2 Å². The van der Waals surface area contributed by atoms with Gasteiger partial charge in [0.05, 0.1) is 10.9 Å². The number of ether oxygens (including phenoxy) is 2. The molecule has 3 aromatic carbocycles. The lowest BCUT2D eigenvalue weighted by Crippen LogP contribution is -2.37. The van der Waals surface area contributed by atoms with Gasteiger partial charge in [0.25, 0.3) is 0 Å². The Bertz CT molecular complexity index is 1150. The Morgan fingerprint density at radius 2 is 1.50 bits per heavy atom. The molecule has 34 heavy (non-hydrogen) atoms. The second-order valence-corrected chi connectivity index (χ2v) is 10.2. The molecule has 0 heterocycles. The van der Waals surface area contributed by atoms with Crippen molar-refractivity contribution in [3.8, 4) is 18.1 Å². The topological polar surface area (TPSA) is 35.5 Å². The maximum Gasteiger partial charge on any atom is 0.345 e. The van der Waals surface area contributed by atoms with Gasteiger partial charge in [-0.15, -0.1) is 6.42 Å². The minimum absolute atomic E-state index is 0.248. The molecule has 0 N–H and O–H groups in total. The largest absolute Gasteiger partial charge is 0.482 e. The summed E-state index contributed by atoms with van der Waals surface area (Å²) in [6.45, 7) is -0.248. The molecule has 1 aliphatic rings. The molecule has 0 spiro atoms. The molecule has 1 saturated carbocycles. The maximum absolute atomic E-state index is 14.0. The van der Waals surface area contributed by atoms with E-state index in [0.29, 0.717) is 23.5 Å². The van der Waals surface area contributed by atoms with Gasteiger partial charge in [-0.05, 0) is 62.1 Å². The van der Waals surface area contributed by atoms with Gasteiger partial charge in [0.1, 0.15) is 17.4 Å². The number of hydrogen-bond acceptors (Lipinski definition) is 3. The van der Waals surface area contributed by atoms with Crippen LogP contribution < -0.4 is 4.74 Å². The number of carbonyl (C=O) groups excluding carboxylic acids is 1. The van der Waals surface area contributed by atoms with Gasteiger partial charge in [-0.3, -0.25) is 0 Å². The molecule has 0 aromatic heterocycles. The van der Waals surface area contributed by atoms with Crippen LogP contribution >= 0.6 is 0 Å². The molecule has 0 bridgehead atoms. The highest BCUT2D eigenvalue weighted by Gasteiger charge is 2.34. The number of rotatable bonds is 7. The lowest BCUT2D eigenvalue weighted by atomic mass is 9.85. The number of benzene rings is 3. The fourth-order valence-corrected chi connectivity index (χ4v) is 6.19. The third kappa shape index (κ3) is 5.78. The molecule has 1 unspecified atom stereocenters. The zero-order valence-electron chi connectivity index (χ0n) is 18.6. The van der Waals surface area contributed by atoms with Crippen molar-refractivity contribution < 1.29 is 23.0 Å². The first-order valence-electron chi connectivity index (χ1n) is 11.2. The standard InChI is InChI=1S/C28H25F2O3S/c1-2-28(15-7-4-8-16-28)33-27(31)20-32-23-11-13-25(14-12-23)34(24-9-5-3-6-10-24)26-18-21(29)17-22(30)19-26/h1,3,5-6,9-14,17-19H,4,7-8,15-16,20H2/q+1. The summed E-state index contributed by atoms with van der Waals surface area (Å²) in [7, 11) is -0.717. The molecule has 0 aliphatic heterocycles. The van der Waals surface area contributed by atoms with Crippen LogP contribution in [0.25, 0.3) is 0 Å². The van der Waals surface area contributed by atoms with Crippen LogP contribution in [0.5, 0.6) is 5.75 Å². The first-order valence-corrected chi connectivity index (χ1v) is 12.4. The summed E-state index contributed by atoms with van der Waals surface area (Å²) in [4.78, 5) is 14.7. The Morgan fingerprint density at radius 3 is 2.12 bits per heavy atom. The van der Waals surface area contributed by atoms with Crippen molar-refractivity contribution in [2.24, 2.45) is 0 Å². The summed E-state index contributed by atoms with van der Waals surface area (Å²) < 4.78 is 39.1. The molecule has 3 aromatic rings. The Labute approximate surface area is 201 Å². The van der Waals surface area contributed by atoms with E-state index in [-0.39, 0.29) is 6.61 Å². The van der Waals surface area contributed by atoms with E-state index in [9.17, 15) is 13.6 Å². The van der Waals surface area contributed by atoms with Gasteiger partial charge in [-0.25, -0.2) is 13.6 Å². The van der Waals surface area contributed by atoms with Crippen LogP contribution in [0.4, 0.5) is 8.78 Å². The minimum atomic E-state index is -0.827. The number of terminal acetylenes is 1. The lowest BCUT2D eigenvalue weighted by Gasteiger charge is -2.31. The smallest absolute Gasteiger partial charge is 0.345 e. The molecule has 4 rings (SSSR count).